The Balaban J connectivity index is 2.15. The summed E-state index contributed by atoms with van der Waals surface area (Å²) in [6.07, 6.45) is 3.83. The van der Waals surface area contributed by atoms with Gasteiger partial charge >= 0.3 is 0 Å². The van der Waals surface area contributed by atoms with Crippen molar-refractivity contribution in [2.75, 3.05) is 13.1 Å². The molecule has 0 radical (unpaired) electrons. The fourth-order valence-corrected chi connectivity index (χ4v) is 2.53. The highest BCUT2D eigenvalue weighted by molar-refractivity contribution is 6.30. The number of nitrogens with zero attached hydrogens (tertiary/aromatic N) is 1. The largest absolute Gasteiger partial charge is 0.329 e. The lowest BCUT2D eigenvalue weighted by molar-refractivity contribution is 0.191. The van der Waals surface area contributed by atoms with Gasteiger partial charge < -0.3 is 5.73 Å². The van der Waals surface area contributed by atoms with E-state index in [0.717, 1.165) is 17.6 Å². The van der Waals surface area contributed by atoms with E-state index >= 15 is 0 Å². The number of benzene rings is 1. The fraction of sp³-hybridized carbons (Fsp3) is 0.571. The van der Waals surface area contributed by atoms with Crippen LogP contribution in [0.4, 0.5) is 0 Å². The van der Waals surface area contributed by atoms with E-state index < -0.39 is 0 Å². The van der Waals surface area contributed by atoms with Crippen LogP contribution >= 0.6 is 11.6 Å². The quantitative estimate of drug-likeness (QED) is 0.843. The van der Waals surface area contributed by atoms with Crippen molar-refractivity contribution in [3.8, 4) is 0 Å². The average molecular weight is 253 g/mol. The van der Waals surface area contributed by atoms with Gasteiger partial charge in [-0.15, -0.1) is 0 Å². The van der Waals surface area contributed by atoms with Gasteiger partial charge in [-0.25, -0.2) is 0 Å². The van der Waals surface area contributed by atoms with Crippen molar-refractivity contribution < 1.29 is 0 Å². The zero-order valence-corrected chi connectivity index (χ0v) is 11.2. The number of hydrogen-bond donors (Lipinski definition) is 1. The lowest BCUT2D eigenvalue weighted by atomic mass is 10.0. The number of halogens is 1. The topological polar surface area (TPSA) is 29.3 Å². The molecule has 17 heavy (non-hydrogen) atoms. The monoisotopic (exact) mass is 252 g/mol. The van der Waals surface area contributed by atoms with Crippen LogP contribution in [0.5, 0.6) is 0 Å². The molecule has 1 aromatic carbocycles. The van der Waals surface area contributed by atoms with Gasteiger partial charge in [0.1, 0.15) is 0 Å². The van der Waals surface area contributed by atoms with Crippen molar-refractivity contribution in [2.24, 2.45) is 5.73 Å². The molecule has 2 N–H and O–H groups in total. The van der Waals surface area contributed by atoms with E-state index in [1.807, 2.05) is 12.1 Å². The van der Waals surface area contributed by atoms with E-state index in [4.69, 9.17) is 17.3 Å². The molecule has 0 bridgehead atoms. The third kappa shape index (κ3) is 3.21. The third-order valence-corrected chi connectivity index (χ3v) is 3.63. The summed E-state index contributed by atoms with van der Waals surface area (Å²) in [6, 6.07) is 9.21. The van der Waals surface area contributed by atoms with Gasteiger partial charge in [0.25, 0.3) is 0 Å². The molecule has 0 heterocycles. The summed E-state index contributed by atoms with van der Waals surface area (Å²) in [4.78, 5) is 2.56. The Kier molecular flexibility index (Phi) is 4.43. The Labute approximate surface area is 109 Å². The molecule has 1 aliphatic rings. The lowest BCUT2D eigenvalue weighted by Crippen LogP contribution is -2.36. The molecular weight excluding hydrogens is 232 g/mol. The van der Waals surface area contributed by atoms with Crippen molar-refractivity contribution in [3.05, 3.63) is 34.9 Å². The minimum Gasteiger partial charge on any atom is -0.329 e. The highest BCUT2D eigenvalue weighted by Crippen LogP contribution is 2.34. The van der Waals surface area contributed by atoms with Crippen LogP contribution < -0.4 is 5.73 Å². The highest BCUT2D eigenvalue weighted by atomic mass is 35.5. The Morgan fingerprint density at radius 1 is 1.35 bits per heavy atom. The molecule has 0 aromatic heterocycles. The maximum atomic E-state index is 5.96. The van der Waals surface area contributed by atoms with E-state index in [9.17, 15) is 0 Å². The zero-order chi connectivity index (χ0) is 12.3. The van der Waals surface area contributed by atoms with Crippen LogP contribution in [0.25, 0.3) is 0 Å². The summed E-state index contributed by atoms with van der Waals surface area (Å²) in [5.74, 6) is 0. The Morgan fingerprint density at radius 3 is 2.47 bits per heavy atom. The maximum absolute atomic E-state index is 5.96. The smallest absolute Gasteiger partial charge is 0.0473 e. The van der Waals surface area contributed by atoms with Crippen LogP contribution in [0.1, 0.15) is 37.8 Å². The molecule has 0 saturated heterocycles. The second kappa shape index (κ2) is 5.85. The fourth-order valence-electron chi connectivity index (χ4n) is 2.41. The van der Waals surface area contributed by atoms with Crippen molar-refractivity contribution >= 4 is 11.6 Å². The van der Waals surface area contributed by atoms with Crippen molar-refractivity contribution in [2.45, 2.75) is 38.3 Å². The van der Waals surface area contributed by atoms with Crippen molar-refractivity contribution in [1.82, 2.24) is 4.90 Å². The van der Waals surface area contributed by atoms with Crippen LogP contribution in [0.15, 0.2) is 24.3 Å². The first-order chi connectivity index (χ1) is 8.26. The van der Waals surface area contributed by atoms with Gasteiger partial charge in [0.2, 0.25) is 0 Å². The molecular formula is C14H21ClN2. The van der Waals surface area contributed by atoms with Gasteiger partial charge in [-0.3, -0.25) is 4.90 Å². The standard InChI is InChI=1S/C14H21ClN2/c1-2-9-17(13-7-8-13)14(10-16)11-3-5-12(15)6-4-11/h3-6,13-14H,2,7-10,16H2,1H3. The molecule has 1 fully saturated rings. The number of hydrogen-bond acceptors (Lipinski definition) is 2. The number of nitrogens with two attached hydrogens (primary N) is 1. The normalized spacial score (nSPS) is 17.4. The molecule has 0 amide bonds. The second-order valence-corrected chi connectivity index (χ2v) is 5.21. The number of rotatable bonds is 6. The first kappa shape index (κ1) is 12.9. The predicted molar refractivity (Wildman–Crippen MR) is 73.3 cm³/mol. The van der Waals surface area contributed by atoms with Crippen molar-refractivity contribution in [1.29, 1.82) is 0 Å². The molecule has 1 saturated carbocycles. The van der Waals surface area contributed by atoms with Crippen LogP contribution in [0.3, 0.4) is 0 Å². The molecule has 3 heteroatoms. The van der Waals surface area contributed by atoms with E-state index in [0.29, 0.717) is 12.6 Å². The summed E-state index contributed by atoms with van der Waals surface area (Å²) in [6.45, 7) is 4.04. The second-order valence-electron chi connectivity index (χ2n) is 4.77. The van der Waals surface area contributed by atoms with Gasteiger partial charge in [0.05, 0.1) is 0 Å². The molecule has 1 atom stereocenters. The van der Waals surface area contributed by atoms with E-state index in [2.05, 4.69) is 24.0 Å². The van der Waals surface area contributed by atoms with Gasteiger partial charge in [0, 0.05) is 23.7 Å². The Bertz CT molecular complexity index is 346. The van der Waals surface area contributed by atoms with Gasteiger partial charge in [-0.1, -0.05) is 30.7 Å². The van der Waals surface area contributed by atoms with E-state index in [1.54, 1.807) is 0 Å². The van der Waals surface area contributed by atoms with Crippen LogP contribution in [-0.2, 0) is 0 Å². The zero-order valence-electron chi connectivity index (χ0n) is 10.4. The van der Waals surface area contributed by atoms with Gasteiger partial charge in [-0.05, 0) is 43.5 Å². The molecule has 2 nitrogen and oxygen atoms in total. The lowest BCUT2D eigenvalue weighted by Gasteiger charge is -2.31. The van der Waals surface area contributed by atoms with Crippen LogP contribution in [-0.4, -0.2) is 24.0 Å². The van der Waals surface area contributed by atoms with Crippen LogP contribution in [0, 0.1) is 0 Å². The first-order valence-corrected chi connectivity index (χ1v) is 6.85. The molecule has 1 aliphatic carbocycles. The van der Waals surface area contributed by atoms with Gasteiger partial charge in [0.15, 0.2) is 0 Å². The summed E-state index contributed by atoms with van der Waals surface area (Å²) in [5.41, 5.74) is 7.25. The van der Waals surface area contributed by atoms with E-state index in [1.165, 1.54) is 24.8 Å². The van der Waals surface area contributed by atoms with Crippen molar-refractivity contribution in [3.63, 3.8) is 0 Å². The predicted octanol–water partition coefficient (Wildman–Crippen LogP) is 3.21. The molecule has 1 unspecified atom stereocenters. The molecule has 94 valence electrons. The van der Waals surface area contributed by atoms with Crippen LogP contribution in [0.2, 0.25) is 5.02 Å². The molecule has 1 aromatic rings. The average Bonchev–Trinajstić information content (AvgIpc) is 3.15. The third-order valence-electron chi connectivity index (χ3n) is 3.38. The Morgan fingerprint density at radius 2 is 2.00 bits per heavy atom. The summed E-state index contributed by atoms with van der Waals surface area (Å²) in [5, 5.41) is 0.790. The minimum absolute atomic E-state index is 0.347. The Hall–Kier alpha value is -0.570. The molecule has 0 spiro atoms. The minimum atomic E-state index is 0.347. The van der Waals surface area contributed by atoms with Gasteiger partial charge in [-0.2, -0.15) is 0 Å². The highest BCUT2D eigenvalue weighted by Gasteiger charge is 2.33. The summed E-state index contributed by atoms with van der Waals surface area (Å²) >= 11 is 5.93. The van der Waals surface area contributed by atoms with E-state index in [-0.39, 0.29) is 0 Å². The first-order valence-electron chi connectivity index (χ1n) is 6.47. The summed E-state index contributed by atoms with van der Waals surface area (Å²) in [7, 11) is 0. The molecule has 2 rings (SSSR count). The SMILES string of the molecule is CCCN(C1CC1)C(CN)c1ccc(Cl)cc1. The molecule has 0 aliphatic heterocycles. The maximum Gasteiger partial charge on any atom is 0.0473 e. The summed E-state index contributed by atoms with van der Waals surface area (Å²) < 4.78 is 0.